The Labute approximate surface area is 129 Å². The molecule has 0 unspecified atom stereocenters. The maximum Gasteiger partial charge on any atom is 0.331 e. The molecular formula is C18H19NO3. The van der Waals surface area contributed by atoms with Gasteiger partial charge in [0, 0.05) is 28.2 Å². The monoisotopic (exact) mass is 297 g/mol. The minimum absolute atomic E-state index is 0.206. The Hall–Kier alpha value is -2.62. The van der Waals surface area contributed by atoms with Crippen LogP contribution in [0.1, 0.15) is 29.9 Å². The van der Waals surface area contributed by atoms with Gasteiger partial charge < -0.3 is 9.72 Å². The number of esters is 1. The van der Waals surface area contributed by atoms with E-state index in [4.69, 9.17) is 4.74 Å². The molecule has 114 valence electrons. The molecule has 1 atom stereocenters. The lowest BCUT2D eigenvalue weighted by molar-refractivity contribution is -0.140. The Morgan fingerprint density at radius 3 is 2.68 bits per heavy atom. The molecule has 0 aliphatic heterocycles. The molecule has 2 aromatic rings. The smallest absolute Gasteiger partial charge is 0.331 e. The first-order chi connectivity index (χ1) is 10.5. The number of hydrogen-bond acceptors (Lipinski definition) is 3. The minimum atomic E-state index is -0.833. The highest BCUT2D eigenvalue weighted by Gasteiger charge is 2.23. The second-order valence-electron chi connectivity index (χ2n) is 5.00. The van der Waals surface area contributed by atoms with Crippen molar-refractivity contribution in [3.05, 3.63) is 59.8 Å². The van der Waals surface area contributed by atoms with Crippen LogP contribution in [-0.2, 0) is 9.53 Å². The highest BCUT2D eigenvalue weighted by atomic mass is 16.5. The van der Waals surface area contributed by atoms with Gasteiger partial charge in [-0.2, -0.15) is 0 Å². The number of ketones is 1. The second kappa shape index (κ2) is 6.89. The standard InChI is InChI=1S/C18H19NO3/c1-4-5-6-11-16(20)22-13(3)18(21)17-12(2)19-15-10-8-7-9-14(15)17/h4-11,13,19H,1-3H3/b5-4+,11-6+/t13-/m1/s1. The number of carbonyl (C=O) groups is 2. The molecular weight excluding hydrogens is 278 g/mol. The van der Waals surface area contributed by atoms with Crippen molar-refractivity contribution < 1.29 is 14.3 Å². The average molecular weight is 297 g/mol. The number of hydrogen-bond donors (Lipinski definition) is 1. The van der Waals surface area contributed by atoms with Gasteiger partial charge in [-0.05, 0) is 26.8 Å². The van der Waals surface area contributed by atoms with Gasteiger partial charge in [0.2, 0.25) is 5.78 Å². The molecule has 4 heteroatoms. The topological polar surface area (TPSA) is 59.2 Å². The largest absolute Gasteiger partial charge is 0.451 e. The normalized spacial score (nSPS) is 13.0. The summed E-state index contributed by atoms with van der Waals surface area (Å²) in [7, 11) is 0. The van der Waals surface area contributed by atoms with E-state index in [1.807, 2.05) is 38.1 Å². The number of nitrogens with one attached hydrogen (secondary N) is 1. The predicted molar refractivity (Wildman–Crippen MR) is 86.9 cm³/mol. The van der Waals surface area contributed by atoms with Crippen LogP contribution in [0.5, 0.6) is 0 Å². The van der Waals surface area contributed by atoms with E-state index in [-0.39, 0.29) is 5.78 Å². The Morgan fingerprint density at radius 1 is 1.23 bits per heavy atom. The van der Waals surface area contributed by atoms with E-state index < -0.39 is 12.1 Å². The molecule has 1 N–H and O–H groups in total. The third-order valence-electron chi connectivity index (χ3n) is 3.34. The fourth-order valence-corrected chi connectivity index (χ4v) is 2.31. The zero-order chi connectivity index (χ0) is 16.1. The molecule has 0 bridgehead atoms. The van der Waals surface area contributed by atoms with Crippen molar-refractivity contribution in [2.75, 3.05) is 0 Å². The number of carbonyl (C=O) groups excluding carboxylic acids is 2. The first-order valence-electron chi connectivity index (χ1n) is 7.16. The van der Waals surface area contributed by atoms with Gasteiger partial charge in [-0.15, -0.1) is 0 Å². The number of para-hydroxylation sites is 1. The summed E-state index contributed by atoms with van der Waals surface area (Å²) < 4.78 is 5.16. The molecule has 1 aromatic carbocycles. The molecule has 0 aliphatic carbocycles. The Bertz CT molecular complexity index is 753. The van der Waals surface area contributed by atoms with Crippen LogP contribution in [0.25, 0.3) is 10.9 Å². The summed E-state index contributed by atoms with van der Waals surface area (Å²) in [6, 6.07) is 7.58. The number of allylic oxidation sites excluding steroid dienone is 3. The van der Waals surface area contributed by atoms with Crippen molar-refractivity contribution in [2.24, 2.45) is 0 Å². The third-order valence-corrected chi connectivity index (χ3v) is 3.34. The number of aryl methyl sites for hydroxylation is 1. The van der Waals surface area contributed by atoms with Gasteiger partial charge in [-0.25, -0.2) is 4.79 Å². The lowest BCUT2D eigenvalue weighted by atomic mass is 10.0. The number of H-pyrrole nitrogens is 1. The van der Waals surface area contributed by atoms with E-state index in [0.717, 1.165) is 16.6 Å². The van der Waals surface area contributed by atoms with Gasteiger partial charge in [0.15, 0.2) is 6.10 Å². The number of Topliss-reactive ketones (excluding diaryl/α,β-unsaturated/α-hetero) is 1. The number of aromatic nitrogens is 1. The summed E-state index contributed by atoms with van der Waals surface area (Å²) in [5.41, 5.74) is 2.25. The molecule has 1 heterocycles. The third kappa shape index (κ3) is 3.34. The maximum atomic E-state index is 12.6. The summed E-state index contributed by atoms with van der Waals surface area (Å²) in [4.78, 5) is 27.4. The van der Waals surface area contributed by atoms with E-state index in [1.54, 1.807) is 25.2 Å². The number of fused-ring (bicyclic) bond motifs is 1. The lowest BCUT2D eigenvalue weighted by Gasteiger charge is -2.11. The molecule has 0 aliphatic rings. The van der Waals surface area contributed by atoms with Crippen LogP contribution in [0.3, 0.4) is 0 Å². The molecule has 0 fully saturated rings. The van der Waals surface area contributed by atoms with E-state index in [1.165, 1.54) is 6.08 Å². The summed E-state index contributed by atoms with van der Waals surface area (Å²) in [6.07, 6.45) is 5.56. The van der Waals surface area contributed by atoms with Crippen LogP contribution in [0.2, 0.25) is 0 Å². The van der Waals surface area contributed by atoms with E-state index in [9.17, 15) is 9.59 Å². The molecule has 2 rings (SSSR count). The number of rotatable bonds is 5. The first kappa shape index (κ1) is 15.8. The molecule has 4 nitrogen and oxygen atoms in total. The van der Waals surface area contributed by atoms with Gasteiger partial charge in [0.1, 0.15) is 0 Å². The fourth-order valence-electron chi connectivity index (χ4n) is 2.31. The van der Waals surface area contributed by atoms with Crippen molar-refractivity contribution in [1.82, 2.24) is 4.98 Å². The van der Waals surface area contributed by atoms with Crippen LogP contribution in [-0.4, -0.2) is 22.8 Å². The second-order valence-corrected chi connectivity index (χ2v) is 5.00. The van der Waals surface area contributed by atoms with E-state index >= 15 is 0 Å². The van der Waals surface area contributed by atoms with Crippen LogP contribution in [0.15, 0.2) is 48.6 Å². The maximum absolute atomic E-state index is 12.6. The quantitative estimate of drug-likeness (QED) is 0.396. The van der Waals surface area contributed by atoms with Gasteiger partial charge in [-0.1, -0.05) is 36.4 Å². The number of benzene rings is 1. The van der Waals surface area contributed by atoms with Crippen LogP contribution >= 0.6 is 0 Å². The highest BCUT2D eigenvalue weighted by Crippen LogP contribution is 2.23. The van der Waals surface area contributed by atoms with Crippen molar-refractivity contribution in [1.29, 1.82) is 0 Å². The molecule has 0 saturated carbocycles. The fraction of sp³-hybridized carbons (Fsp3) is 0.222. The highest BCUT2D eigenvalue weighted by molar-refractivity contribution is 6.11. The van der Waals surface area contributed by atoms with Gasteiger partial charge in [0.05, 0.1) is 0 Å². The molecule has 0 saturated heterocycles. The van der Waals surface area contributed by atoms with Crippen molar-refractivity contribution in [2.45, 2.75) is 26.9 Å². The molecule has 1 aromatic heterocycles. The average Bonchev–Trinajstić information content (AvgIpc) is 2.82. The summed E-state index contributed by atoms with van der Waals surface area (Å²) in [5.74, 6) is -0.737. The summed E-state index contributed by atoms with van der Waals surface area (Å²) in [6.45, 7) is 5.28. The van der Waals surface area contributed by atoms with Crippen LogP contribution in [0, 0.1) is 6.92 Å². The van der Waals surface area contributed by atoms with Crippen LogP contribution < -0.4 is 0 Å². The molecule has 0 amide bonds. The lowest BCUT2D eigenvalue weighted by Crippen LogP contribution is -2.24. The Balaban J connectivity index is 2.19. The molecule has 0 spiro atoms. The van der Waals surface area contributed by atoms with Crippen molar-refractivity contribution >= 4 is 22.7 Å². The molecule has 22 heavy (non-hydrogen) atoms. The van der Waals surface area contributed by atoms with Crippen molar-refractivity contribution in [3.8, 4) is 0 Å². The van der Waals surface area contributed by atoms with Gasteiger partial charge in [0.25, 0.3) is 0 Å². The zero-order valence-corrected chi connectivity index (χ0v) is 12.9. The summed E-state index contributed by atoms with van der Waals surface area (Å²) >= 11 is 0. The Kier molecular flexibility index (Phi) is 4.94. The van der Waals surface area contributed by atoms with Crippen LogP contribution in [0.4, 0.5) is 0 Å². The zero-order valence-electron chi connectivity index (χ0n) is 12.9. The van der Waals surface area contributed by atoms with Gasteiger partial charge >= 0.3 is 5.97 Å². The number of aromatic amines is 1. The van der Waals surface area contributed by atoms with Gasteiger partial charge in [-0.3, -0.25) is 4.79 Å². The summed E-state index contributed by atoms with van der Waals surface area (Å²) in [5, 5.41) is 0.845. The van der Waals surface area contributed by atoms with E-state index in [0.29, 0.717) is 5.56 Å². The van der Waals surface area contributed by atoms with E-state index in [2.05, 4.69) is 4.98 Å². The van der Waals surface area contributed by atoms with Crippen molar-refractivity contribution in [3.63, 3.8) is 0 Å². The predicted octanol–water partition coefficient (Wildman–Crippen LogP) is 3.72. The SMILES string of the molecule is C/C=C/C=C/C(=O)O[C@H](C)C(=O)c1c(C)[nH]c2ccccc12. The molecule has 0 radical (unpaired) electrons. The Morgan fingerprint density at radius 2 is 1.95 bits per heavy atom. The first-order valence-corrected chi connectivity index (χ1v) is 7.16. The minimum Gasteiger partial charge on any atom is -0.451 e. The number of ether oxygens (including phenoxy) is 1.